The number of furan rings is 1. The minimum Gasteiger partial charge on any atom is -0.469 e. The summed E-state index contributed by atoms with van der Waals surface area (Å²) in [6.07, 6.45) is 5.49. The predicted octanol–water partition coefficient (Wildman–Crippen LogP) is 3.98. The van der Waals surface area contributed by atoms with Gasteiger partial charge in [-0.3, -0.25) is 0 Å². The zero-order valence-corrected chi connectivity index (χ0v) is 14.7. The van der Waals surface area contributed by atoms with Gasteiger partial charge in [0, 0.05) is 25.2 Å². The minimum atomic E-state index is 0.688. The number of imidazole rings is 1. The number of pyridine rings is 1. The third kappa shape index (κ3) is 2.70. The van der Waals surface area contributed by atoms with E-state index in [9.17, 15) is 0 Å². The highest BCUT2D eigenvalue weighted by Crippen LogP contribution is 2.27. The fourth-order valence-electron chi connectivity index (χ4n) is 2.52. The van der Waals surface area contributed by atoms with E-state index in [1.807, 2.05) is 53.5 Å². The zero-order chi connectivity index (χ0) is 16.7. The first-order valence-electron chi connectivity index (χ1n) is 7.31. The lowest BCUT2D eigenvalue weighted by atomic mass is 10.2. The SMILES string of the molecule is Cc1occc1-c1nnc(SCc2cn3cc(Cl)ccc3n2)n1C. The maximum Gasteiger partial charge on any atom is 0.191 e. The van der Waals surface area contributed by atoms with Gasteiger partial charge in [-0.2, -0.15) is 0 Å². The van der Waals surface area contributed by atoms with Crippen molar-refractivity contribution in [1.82, 2.24) is 24.1 Å². The van der Waals surface area contributed by atoms with Gasteiger partial charge in [0.1, 0.15) is 11.4 Å². The van der Waals surface area contributed by atoms with Gasteiger partial charge in [-0.15, -0.1) is 10.2 Å². The van der Waals surface area contributed by atoms with Crippen molar-refractivity contribution in [1.29, 1.82) is 0 Å². The molecule has 4 rings (SSSR count). The van der Waals surface area contributed by atoms with Gasteiger partial charge in [-0.05, 0) is 25.1 Å². The van der Waals surface area contributed by atoms with Gasteiger partial charge in [-0.1, -0.05) is 23.4 Å². The lowest BCUT2D eigenvalue weighted by Crippen LogP contribution is -1.95. The lowest BCUT2D eigenvalue weighted by molar-refractivity contribution is 0.534. The molecule has 0 aliphatic rings. The molecule has 0 saturated carbocycles. The average Bonchev–Trinajstić information content (AvgIpc) is 3.24. The van der Waals surface area contributed by atoms with Crippen molar-refractivity contribution in [3.8, 4) is 11.4 Å². The Kier molecular flexibility index (Phi) is 3.82. The summed E-state index contributed by atoms with van der Waals surface area (Å²) in [5.74, 6) is 2.33. The third-order valence-corrected chi connectivity index (χ3v) is 5.03. The molecular formula is C16H14ClN5OS. The fraction of sp³-hybridized carbons (Fsp3) is 0.188. The van der Waals surface area contributed by atoms with E-state index in [0.29, 0.717) is 10.8 Å². The summed E-state index contributed by atoms with van der Waals surface area (Å²) in [5, 5.41) is 10.1. The van der Waals surface area contributed by atoms with E-state index in [1.165, 1.54) is 0 Å². The van der Waals surface area contributed by atoms with Crippen LogP contribution in [-0.2, 0) is 12.8 Å². The number of nitrogens with zero attached hydrogens (tertiary/aromatic N) is 5. The smallest absolute Gasteiger partial charge is 0.191 e. The number of aryl methyl sites for hydroxylation is 1. The normalized spacial score (nSPS) is 11.5. The van der Waals surface area contributed by atoms with Crippen LogP contribution in [0.5, 0.6) is 0 Å². The highest BCUT2D eigenvalue weighted by molar-refractivity contribution is 7.98. The van der Waals surface area contributed by atoms with Crippen LogP contribution in [0, 0.1) is 6.92 Å². The van der Waals surface area contributed by atoms with Crippen molar-refractivity contribution < 1.29 is 4.42 Å². The van der Waals surface area contributed by atoms with Crippen molar-refractivity contribution in [2.24, 2.45) is 7.05 Å². The molecule has 0 aliphatic heterocycles. The number of hydrogen-bond acceptors (Lipinski definition) is 5. The van der Waals surface area contributed by atoms with Crippen LogP contribution in [0.15, 0.2) is 46.4 Å². The molecule has 6 nitrogen and oxygen atoms in total. The molecule has 24 heavy (non-hydrogen) atoms. The van der Waals surface area contributed by atoms with Crippen molar-refractivity contribution in [3.05, 3.63) is 53.3 Å². The second kappa shape index (κ2) is 5.99. The van der Waals surface area contributed by atoms with Crippen molar-refractivity contribution >= 4 is 29.0 Å². The van der Waals surface area contributed by atoms with Gasteiger partial charge >= 0.3 is 0 Å². The van der Waals surface area contributed by atoms with Crippen LogP contribution < -0.4 is 0 Å². The molecule has 8 heteroatoms. The van der Waals surface area contributed by atoms with Crippen LogP contribution >= 0.6 is 23.4 Å². The first kappa shape index (κ1) is 15.3. The van der Waals surface area contributed by atoms with Gasteiger partial charge in [0.15, 0.2) is 11.0 Å². The Labute approximate surface area is 147 Å². The molecule has 0 spiro atoms. The van der Waals surface area contributed by atoms with E-state index in [2.05, 4.69) is 15.2 Å². The molecule has 4 aromatic heterocycles. The Bertz CT molecular complexity index is 1020. The van der Waals surface area contributed by atoms with Crippen LogP contribution in [-0.4, -0.2) is 24.1 Å². The molecule has 0 unspecified atom stereocenters. The van der Waals surface area contributed by atoms with Crippen LogP contribution in [0.25, 0.3) is 17.0 Å². The summed E-state index contributed by atoms with van der Waals surface area (Å²) in [6, 6.07) is 5.64. The lowest BCUT2D eigenvalue weighted by Gasteiger charge is -2.02. The first-order valence-corrected chi connectivity index (χ1v) is 8.68. The minimum absolute atomic E-state index is 0.688. The molecule has 0 aliphatic carbocycles. The van der Waals surface area contributed by atoms with E-state index in [4.69, 9.17) is 16.0 Å². The Morgan fingerprint density at radius 3 is 2.88 bits per heavy atom. The average molecular weight is 360 g/mol. The summed E-state index contributed by atoms with van der Waals surface area (Å²) < 4.78 is 9.24. The molecular weight excluding hydrogens is 346 g/mol. The second-order valence-corrected chi connectivity index (χ2v) is 6.77. The van der Waals surface area contributed by atoms with Crippen LogP contribution in [0.2, 0.25) is 5.02 Å². The van der Waals surface area contributed by atoms with Gasteiger partial charge < -0.3 is 13.4 Å². The molecule has 0 saturated heterocycles. The molecule has 4 heterocycles. The number of rotatable bonds is 4. The highest BCUT2D eigenvalue weighted by Gasteiger charge is 2.15. The molecule has 4 aromatic rings. The summed E-state index contributed by atoms with van der Waals surface area (Å²) >= 11 is 7.60. The summed E-state index contributed by atoms with van der Waals surface area (Å²) in [6.45, 7) is 1.92. The third-order valence-electron chi connectivity index (χ3n) is 3.75. The molecule has 0 aromatic carbocycles. The van der Waals surface area contributed by atoms with Crippen molar-refractivity contribution in [2.45, 2.75) is 17.8 Å². The molecule has 0 radical (unpaired) electrons. The quantitative estimate of drug-likeness (QED) is 0.516. The van der Waals surface area contributed by atoms with Gasteiger partial charge in [0.05, 0.1) is 22.5 Å². The molecule has 122 valence electrons. The number of hydrogen-bond donors (Lipinski definition) is 0. The first-order chi connectivity index (χ1) is 11.6. The highest BCUT2D eigenvalue weighted by atomic mass is 35.5. The van der Waals surface area contributed by atoms with Gasteiger partial charge in [0.2, 0.25) is 0 Å². The molecule has 0 N–H and O–H groups in total. The Morgan fingerprint density at radius 1 is 1.21 bits per heavy atom. The van der Waals surface area contributed by atoms with Crippen LogP contribution in [0.4, 0.5) is 0 Å². The number of fused-ring (bicyclic) bond motifs is 1. The van der Waals surface area contributed by atoms with Crippen molar-refractivity contribution in [2.75, 3.05) is 0 Å². The number of halogens is 1. The maximum absolute atomic E-state index is 6.00. The van der Waals surface area contributed by atoms with E-state index < -0.39 is 0 Å². The molecule has 0 atom stereocenters. The number of thioether (sulfide) groups is 1. The topological polar surface area (TPSA) is 61.1 Å². The summed E-state index contributed by atoms with van der Waals surface area (Å²) in [4.78, 5) is 4.58. The predicted molar refractivity (Wildman–Crippen MR) is 93.2 cm³/mol. The Balaban J connectivity index is 1.55. The number of aromatic nitrogens is 5. The molecule has 0 amide bonds. The van der Waals surface area contributed by atoms with E-state index in [-0.39, 0.29) is 0 Å². The van der Waals surface area contributed by atoms with E-state index in [1.54, 1.807) is 18.0 Å². The largest absolute Gasteiger partial charge is 0.469 e. The Morgan fingerprint density at radius 2 is 2.08 bits per heavy atom. The van der Waals surface area contributed by atoms with Crippen LogP contribution in [0.1, 0.15) is 11.5 Å². The van der Waals surface area contributed by atoms with E-state index in [0.717, 1.165) is 33.6 Å². The van der Waals surface area contributed by atoms with E-state index >= 15 is 0 Å². The zero-order valence-electron chi connectivity index (χ0n) is 13.1. The molecule has 0 fully saturated rings. The summed E-state index contributed by atoms with van der Waals surface area (Å²) in [7, 11) is 1.95. The van der Waals surface area contributed by atoms with Gasteiger partial charge in [0.25, 0.3) is 0 Å². The fourth-order valence-corrected chi connectivity index (χ4v) is 3.48. The Hall–Kier alpha value is -2.25. The standard InChI is InChI=1S/C16H14ClN5OS/c1-10-13(5-6-23-10)15-19-20-16(21(15)2)24-9-12-8-22-7-11(17)3-4-14(22)18-12/h3-8H,9H2,1-2H3. The summed E-state index contributed by atoms with van der Waals surface area (Å²) in [5.41, 5.74) is 2.80. The monoisotopic (exact) mass is 359 g/mol. The van der Waals surface area contributed by atoms with Crippen LogP contribution in [0.3, 0.4) is 0 Å². The van der Waals surface area contributed by atoms with Gasteiger partial charge in [-0.25, -0.2) is 4.98 Å². The van der Waals surface area contributed by atoms with Crippen molar-refractivity contribution in [3.63, 3.8) is 0 Å². The molecule has 0 bridgehead atoms. The maximum atomic E-state index is 6.00. The second-order valence-electron chi connectivity index (χ2n) is 5.39.